The first-order valence-electron chi connectivity index (χ1n) is 7.30. The van der Waals surface area contributed by atoms with Gasteiger partial charge in [-0.25, -0.2) is 0 Å². The second kappa shape index (κ2) is 11.7. The lowest BCUT2D eigenvalue weighted by Crippen LogP contribution is -2.43. The third-order valence-electron chi connectivity index (χ3n) is 3.07. The maximum Gasteiger partial charge on any atom is 0.222 e. The van der Waals surface area contributed by atoms with Gasteiger partial charge in [0.25, 0.3) is 0 Å². The monoisotopic (exact) mass is 438 g/mol. The molecule has 1 heterocycles. The van der Waals surface area contributed by atoms with Gasteiger partial charge in [0.1, 0.15) is 0 Å². The van der Waals surface area contributed by atoms with Gasteiger partial charge in [-0.05, 0) is 11.4 Å². The Morgan fingerprint density at radius 1 is 1.23 bits per heavy atom. The van der Waals surface area contributed by atoms with Crippen LogP contribution in [0.15, 0.2) is 22.5 Å². The minimum Gasteiger partial charge on any atom is -0.356 e. The van der Waals surface area contributed by atoms with E-state index in [0.29, 0.717) is 19.0 Å². The molecule has 0 aliphatic rings. The quantitative estimate of drug-likeness (QED) is 0.265. The van der Waals surface area contributed by atoms with E-state index in [0.717, 1.165) is 12.5 Å². The highest BCUT2D eigenvalue weighted by atomic mass is 127. The van der Waals surface area contributed by atoms with Crippen molar-refractivity contribution in [1.29, 1.82) is 0 Å². The summed E-state index contributed by atoms with van der Waals surface area (Å²) < 4.78 is 0. The average molecular weight is 438 g/mol. The number of hydrogen-bond acceptors (Lipinski definition) is 3. The molecule has 5 nitrogen and oxygen atoms in total. The van der Waals surface area contributed by atoms with Crippen molar-refractivity contribution in [2.24, 2.45) is 10.9 Å². The molecule has 0 spiro atoms. The van der Waals surface area contributed by atoms with Gasteiger partial charge < -0.3 is 16.0 Å². The predicted octanol–water partition coefficient (Wildman–Crippen LogP) is 2.41. The van der Waals surface area contributed by atoms with Gasteiger partial charge in [-0.15, -0.1) is 35.3 Å². The van der Waals surface area contributed by atoms with Crippen molar-refractivity contribution in [2.45, 2.75) is 26.7 Å². The van der Waals surface area contributed by atoms with Crippen LogP contribution < -0.4 is 16.0 Å². The molecular formula is C15H27IN4OS. The Hall–Kier alpha value is -0.830. The Labute approximate surface area is 154 Å². The summed E-state index contributed by atoms with van der Waals surface area (Å²) in [6.07, 6.45) is 0. The lowest BCUT2D eigenvalue weighted by Gasteiger charge is -2.15. The zero-order chi connectivity index (χ0) is 15.7. The fourth-order valence-corrected chi connectivity index (χ4v) is 2.50. The number of rotatable bonds is 7. The van der Waals surface area contributed by atoms with Crippen LogP contribution >= 0.6 is 35.3 Å². The Bertz CT molecular complexity index is 448. The summed E-state index contributed by atoms with van der Waals surface area (Å²) in [5.74, 6) is 1.31. The SMILES string of the molecule is CN=C(NCCNC(=O)C(C)C)NCC(C)c1cccs1.I. The molecule has 0 aromatic carbocycles. The van der Waals surface area contributed by atoms with E-state index in [1.165, 1.54) is 4.88 Å². The number of guanidine groups is 1. The summed E-state index contributed by atoms with van der Waals surface area (Å²) in [6.45, 7) is 8.04. The molecule has 0 fully saturated rings. The van der Waals surface area contributed by atoms with Crippen molar-refractivity contribution < 1.29 is 4.79 Å². The highest BCUT2D eigenvalue weighted by molar-refractivity contribution is 14.0. The van der Waals surface area contributed by atoms with Crippen molar-refractivity contribution in [2.75, 3.05) is 26.7 Å². The third-order valence-corrected chi connectivity index (χ3v) is 4.17. The van der Waals surface area contributed by atoms with Crippen LogP contribution in [-0.2, 0) is 4.79 Å². The molecule has 0 saturated carbocycles. The smallest absolute Gasteiger partial charge is 0.222 e. The molecule has 1 aromatic heterocycles. The molecule has 7 heteroatoms. The van der Waals surface area contributed by atoms with Crippen LogP contribution in [0, 0.1) is 5.92 Å². The van der Waals surface area contributed by atoms with Gasteiger partial charge in [-0.2, -0.15) is 0 Å². The summed E-state index contributed by atoms with van der Waals surface area (Å²) in [4.78, 5) is 17.0. The van der Waals surface area contributed by atoms with Gasteiger partial charge in [0.15, 0.2) is 5.96 Å². The highest BCUT2D eigenvalue weighted by Gasteiger charge is 2.08. The maximum atomic E-state index is 11.4. The van der Waals surface area contributed by atoms with Crippen LogP contribution in [0.2, 0.25) is 0 Å². The number of thiophene rings is 1. The van der Waals surface area contributed by atoms with Gasteiger partial charge in [-0.1, -0.05) is 26.8 Å². The third kappa shape index (κ3) is 7.98. The van der Waals surface area contributed by atoms with Crippen molar-refractivity contribution in [3.05, 3.63) is 22.4 Å². The topological polar surface area (TPSA) is 65.5 Å². The molecule has 1 amide bonds. The van der Waals surface area contributed by atoms with Crippen LogP contribution in [0.1, 0.15) is 31.6 Å². The molecule has 0 bridgehead atoms. The first kappa shape index (κ1) is 21.2. The van der Waals surface area contributed by atoms with E-state index in [4.69, 9.17) is 0 Å². The fraction of sp³-hybridized carbons (Fsp3) is 0.600. The number of amides is 1. The first-order chi connectivity index (χ1) is 10.0. The van der Waals surface area contributed by atoms with E-state index in [2.05, 4.69) is 45.4 Å². The van der Waals surface area contributed by atoms with E-state index in [-0.39, 0.29) is 35.8 Å². The van der Waals surface area contributed by atoms with Gasteiger partial charge in [0.2, 0.25) is 5.91 Å². The standard InChI is InChI=1S/C15H26N4OS.HI/c1-11(2)14(20)17-7-8-18-15(16-4)19-10-12(3)13-6-5-9-21-13;/h5-6,9,11-12H,7-8,10H2,1-4H3,(H,17,20)(H2,16,18,19);1H. The van der Waals surface area contributed by atoms with Gasteiger partial charge in [0.05, 0.1) is 0 Å². The maximum absolute atomic E-state index is 11.4. The normalized spacial score (nSPS) is 12.5. The highest BCUT2D eigenvalue weighted by Crippen LogP contribution is 2.19. The van der Waals surface area contributed by atoms with Gasteiger partial charge in [-0.3, -0.25) is 9.79 Å². The van der Waals surface area contributed by atoms with E-state index in [9.17, 15) is 4.79 Å². The largest absolute Gasteiger partial charge is 0.356 e. The van der Waals surface area contributed by atoms with E-state index >= 15 is 0 Å². The second-order valence-electron chi connectivity index (χ2n) is 5.24. The van der Waals surface area contributed by atoms with Crippen molar-refractivity contribution in [1.82, 2.24) is 16.0 Å². The van der Waals surface area contributed by atoms with Crippen LogP contribution in [0.25, 0.3) is 0 Å². The number of halogens is 1. The molecule has 0 aliphatic carbocycles. The molecule has 1 aromatic rings. The molecular weight excluding hydrogens is 411 g/mol. The number of aliphatic imine (C=N–C) groups is 1. The van der Waals surface area contributed by atoms with Crippen LogP contribution in [0.4, 0.5) is 0 Å². The molecule has 0 aliphatic heterocycles. The predicted molar refractivity (Wildman–Crippen MR) is 105 cm³/mol. The molecule has 22 heavy (non-hydrogen) atoms. The summed E-state index contributed by atoms with van der Waals surface area (Å²) in [5, 5.41) is 11.5. The Kier molecular flexibility index (Phi) is 11.3. The lowest BCUT2D eigenvalue weighted by molar-refractivity contribution is -0.123. The van der Waals surface area contributed by atoms with Crippen LogP contribution in [0.3, 0.4) is 0 Å². The zero-order valence-corrected chi connectivity index (χ0v) is 16.8. The van der Waals surface area contributed by atoms with Gasteiger partial charge in [0, 0.05) is 43.4 Å². The first-order valence-corrected chi connectivity index (χ1v) is 8.18. The van der Waals surface area contributed by atoms with Crippen molar-refractivity contribution >= 4 is 47.2 Å². The minimum atomic E-state index is 0. The summed E-state index contributed by atoms with van der Waals surface area (Å²) >= 11 is 1.77. The summed E-state index contributed by atoms with van der Waals surface area (Å²) in [7, 11) is 1.75. The Morgan fingerprint density at radius 2 is 1.91 bits per heavy atom. The number of carbonyl (C=O) groups excluding carboxylic acids is 1. The summed E-state index contributed by atoms with van der Waals surface area (Å²) in [5.41, 5.74) is 0. The van der Waals surface area contributed by atoms with Crippen LogP contribution in [0.5, 0.6) is 0 Å². The summed E-state index contributed by atoms with van der Waals surface area (Å²) in [6, 6.07) is 4.22. The zero-order valence-electron chi connectivity index (χ0n) is 13.7. The average Bonchev–Trinajstić information content (AvgIpc) is 3.00. The molecule has 1 rings (SSSR count). The van der Waals surface area contributed by atoms with Crippen LogP contribution in [-0.4, -0.2) is 38.5 Å². The van der Waals surface area contributed by atoms with E-state index in [1.807, 2.05) is 13.8 Å². The van der Waals surface area contributed by atoms with E-state index in [1.54, 1.807) is 18.4 Å². The number of nitrogens with zero attached hydrogens (tertiary/aromatic N) is 1. The Balaban J connectivity index is 0.00000441. The molecule has 0 saturated heterocycles. The molecule has 1 unspecified atom stereocenters. The molecule has 1 atom stereocenters. The molecule has 126 valence electrons. The lowest BCUT2D eigenvalue weighted by atomic mass is 10.1. The minimum absolute atomic E-state index is 0. The number of carbonyl (C=O) groups is 1. The Morgan fingerprint density at radius 3 is 2.45 bits per heavy atom. The molecule has 0 radical (unpaired) electrons. The number of hydrogen-bond donors (Lipinski definition) is 3. The molecule has 3 N–H and O–H groups in total. The van der Waals surface area contributed by atoms with Gasteiger partial charge >= 0.3 is 0 Å². The van der Waals surface area contributed by atoms with E-state index < -0.39 is 0 Å². The fourth-order valence-electron chi connectivity index (χ4n) is 1.71. The number of nitrogens with one attached hydrogen (secondary N) is 3. The van der Waals surface area contributed by atoms with Crippen molar-refractivity contribution in [3.63, 3.8) is 0 Å². The van der Waals surface area contributed by atoms with Crippen molar-refractivity contribution in [3.8, 4) is 0 Å². The second-order valence-corrected chi connectivity index (χ2v) is 6.22.